The van der Waals surface area contributed by atoms with E-state index in [0.717, 1.165) is 5.56 Å². The minimum Gasteiger partial charge on any atom is -0.409 e. The smallest absolute Gasteiger partial charge is 0.288 e. The zero-order valence-electron chi connectivity index (χ0n) is 13.9. The van der Waals surface area contributed by atoms with E-state index < -0.39 is 0 Å². The highest BCUT2D eigenvalue weighted by Crippen LogP contribution is 2.18. The molecule has 124 valence electrons. The van der Waals surface area contributed by atoms with Crippen molar-refractivity contribution >= 4 is 18.1 Å². The summed E-state index contributed by atoms with van der Waals surface area (Å²) < 4.78 is 7.13. The van der Waals surface area contributed by atoms with E-state index >= 15 is 0 Å². The Bertz CT molecular complexity index is 718. The monoisotopic (exact) mass is 334 g/mol. The van der Waals surface area contributed by atoms with E-state index in [9.17, 15) is 4.79 Å². The predicted molar refractivity (Wildman–Crippen MR) is 91.4 cm³/mol. The lowest BCUT2D eigenvalue weighted by Crippen LogP contribution is -2.39. The Labute approximate surface area is 141 Å². The van der Waals surface area contributed by atoms with E-state index in [4.69, 9.17) is 16.6 Å². The second kappa shape index (κ2) is 7.52. The molecule has 0 unspecified atom stereocenters. The maximum atomic E-state index is 11.8. The Morgan fingerprint density at radius 3 is 2.65 bits per heavy atom. The van der Waals surface area contributed by atoms with Crippen LogP contribution in [-0.2, 0) is 11.5 Å². The standard InChI is InChI=1S/C16H22N4O2S/c1-11(2)17-14(21)9-19(4)10-20-16(23)22-15(18-20)13-7-5-12(3)6-8-13/h5-8,11H,9-10H2,1-4H3,(H,17,21). The van der Waals surface area contributed by atoms with Gasteiger partial charge < -0.3 is 9.73 Å². The van der Waals surface area contributed by atoms with Gasteiger partial charge >= 0.3 is 0 Å². The molecule has 7 heteroatoms. The highest BCUT2D eigenvalue weighted by atomic mass is 32.1. The Morgan fingerprint density at radius 2 is 2.04 bits per heavy atom. The van der Waals surface area contributed by atoms with Crippen molar-refractivity contribution in [1.82, 2.24) is 20.0 Å². The molecule has 0 aliphatic rings. The quantitative estimate of drug-likeness (QED) is 0.823. The molecule has 1 heterocycles. The van der Waals surface area contributed by atoms with Crippen molar-refractivity contribution < 1.29 is 9.21 Å². The fourth-order valence-electron chi connectivity index (χ4n) is 2.10. The number of likely N-dealkylation sites (N-methyl/N-ethyl adjacent to an activating group) is 1. The third-order valence-electron chi connectivity index (χ3n) is 3.14. The number of carbonyl (C=O) groups is 1. The van der Waals surface area contributed by atoms with Crippen molar-refractivity contribution in [2.24, 2.45) is 0 Å². The average molecular weight is 334 g/mol. The number of aromatic nitrogens is 2. The first-order valence-electron chi connectivity index (χ1n) is 7.48. The Morgan fingerprint density at radius 1 is 1.39 bits per heavy atom. The number of rotatable bonds is 6. The lowest BCUT2D eigenvalue weighted by Gasteiger charge is -2.16. The van der Waals surface area contributed by atoms with Crippen molar-refractivity contribution in [1.29, 1.82) is 0 Å². The second-order valence-corrected chi connectivity index (χ2v) is 6.27. The number of nitrogens with one attached hydrogen (secondary N) is 1. The molecule has 0 aliphatic carbocycles. The topological polar surface area (TPSA) is 63.3 Å². The van der Waals surface area contributed by atoms with Gasteiger partial charge in [-0.1, -0.05) is 17.7 Å². The third kappa shape index (κ3) is 5.01. The van der Waals surface area contributed by atoms with E-state index in [1.807, 2.05) is 57.0 Å². The molecule has 0 radical (unpaired) electrons. The number of amides is 1. The van der Waals surface area contributed by atoms with Crippen LogP contribution >= 0.6 is 12.2 Å². The summed E-state index contributed by atoms with van der Waals surface area (Å²) in [6.45, 7) is 6.54. The van der Waals surface area contributed by atoms with Crippen LogP contribution < -0.4 is 5.32 Å². The van der Waals surface area contributed by atoms with Gasteiger partial charge in [-0.2, -0.15) is 0 Å². The molecule has 0 bridgehead atoms. The number of benzene rings is 1. The zero-order valence-corrected chi connectivity index (χ0v) is 14.7. The van der Waals surface area contributed by atoms with Gasteiger partial charge in [-0.3, -0.25) is 9.69 Å². The van der Waals surface area contributed by atoms with Crippen LogP contribution in [0.4, 0.5) is 0 Å². The van der Waals surface area contributed by atoms with Gasteiger partial charge in [0, 0.05) is 11.6 Å². The van der Waals surface area contributed by atoms with Gasteiger partial charge in [0.05, 0.1) is 13.2 Å². The summed E-state index contributed by atoms with van der Waals surface area (Å²) >= 11 is 5.21. The Hall–Kier alpha value is -1.99. The summed E-state index contributed by atoms with van der Waals surface area (Å²) in [4.78, 5) is 13.9. The Kier molecular flexibility index (Phi) is 5.68. The predicted octanol–water partition coefficient (Wildman–Crippen LogP) is 2.59. The minimum absolute atomic E-state index is 0.0312. The van der Waals surface area contributed by atoms with Gasteiger partial charge in [0.15, 0.2) is 0 Å². The highest BCUT2D eigenvalue weighted by molar-refractivity contribution is 7.71. The summed E-state index contributed by atoms with van der Waals surface area (Å²) in [6.07, 6.45) is 0. The molecule has 2 rings (SSSR count). The molecule has 23 heavy (non-hydrogen) atoms. The van der Waals surface area contributed by atoms with E-state index in [2.05, 4.69) is 10.4 Å². The molecule has 0 saturated carbocycles. The van der Waals surface area contributed by atoms with Crippen LogP contribution in [0, 0.1) is 11.8 Å². The molecule has 1 amide bonds. The largest absolute Gasteiger partial charge is 0.409 e. The van der Waals surface area contributed by atoms with Gasteiger partial charge in [-0.15, -0.1) is 5.10 Å². The lowest BCUT2D eigenvalue weighted by atomic mass is 10.1. The van der Waals surface area contributed by atoms with E-state index in [1.165, 1.54) is 5.56 Å². The van der Waals surface area contributed by atoms with E-state index in [1.54, 1.807) is 4.68 Å². The van der Waals surface area contributed by atoms with Crippen molar-refractivity contribution in [2.45, 2.75) is 33.5 Å². The summed E-state index contributed by atoms with van der Waals surface area (Å²) in [5.74, 6) is 0.450. The Balaban J connectivity index is 2.05. The molecule has 0 atom stereocenters. The maximum Gasteiger partial charge on any atom is 0.288 e. The van der Waals surface area contributed by atoms with Crippen molar-refractivity contribution in [3.8, 4) is 11.5 Å². The maximum absolute atomic E-state index is 11.8. The first-order chi connectivity index (χ1) is 10.8. The van der Waals surface area contributed by atoms with Gasteiger partial charge in [0.25, 0.3) is 4.84 Å². The van der Waals surface area contributed by atoms with Crippen LogP contribution in [-0.4, -0.2) is 40.2 Å². The van der Waals surface area contributed by atoms with E-state index in [-0.39, 0.29) is 23.3 Å². The average Bonchev–Trinajstić information content (AvgIpc) is 2.79. The van der Waals surface area contributed by atoms with Gasteiger partial charge in [0.2, 0.25) is 11.8 Å². The first-order valence-corrected chi connectivity index (χ1v) is 7.89. The zero-order chi connectivity index (χ0) is 17.0. The van der Waals surface area contributed by atoms with Crippen molar-refractivity contribution in [3.05, 3.63) is 34.7 Å². The third-order valence-corrected chi connectivity index (χ3v) is 3.44. The summed E-state index contributed by atoms with van der Waals surface area (Å²) in [5, 5.41) is 7.24. The molecule has 0 fully saturated rings. The molecule has 1 N–H and O–H groups in total. The van der Waals surface area contributed by atoms with Crippen LogP contribution in [0.25, 0.3) is 11.5 Å². The van der Waals surface area contributed by atoms with E-state index in [0.29, 0.717) is 12.6 Å². The number of hydrogen-bond donors (Lipinski definition) is 1. The lowest BCUT2D eigenvalue weighted by molar-refractivity contribution is -0.122. The highest BCUT2D eigenvalue weighted by Gasteiger charge is 2.12. The summed E-state index contributed by atoms with van der Waals surface area (Å²) in [5.41, 5.74) is 2.04. The van der Waals surface area contributed by atoms with Crippen molar-refractivity contribution in [2.75, 3.05) is 13.6 Å². The second-order valence-electron chi connectivity index (χ2n) is 5.92. The fourth-order valence-corrected chi connectivity index (χ4v) is 2.28. The van der Waals surface area contributed by atoms with Crippen LogP contribution in [0.15, 0.2) is 28.7 Å². The molecule has 6 nitrogen and oxygen atoms in total. The molecule has 0 saturated heterocycles. The molecule has 0 aliphatic heterocycles. The fraction of sp³-hybridized carbons (Fsp3) is 0.438. The van der Waals surface area contributed by atoms with Gasteiger partial charge in [-0.25, -0.2) is 4.68 Å². The molecular formula is C16H22N4O2S. The molecule has 1 aromatic carbocycles. The number of nitrogens with zero attached hydrogens (tertiary/aromatic N) is 3. The van der Waals surface area contributed by atoms with Crippen LogP contribution in [0.5, 0.6) is 0 Å². The summed E-state index contributed by atoms with van der Waals surface area (Å²) in [6, 6.07) is 8.00. The van der Waals surface area contributed by atoms with Crippen LogP contribution in [0.1, 0.15) is 19.4 Å². The minimum atomic E-state index is -0.0312. The van der Waals surface area contributed by atoms with Crippen LogP contribution in [0.3, 0.4) is 0 Å². The van der Waals surface area contributed by atoms with Gasteiger partial charge in [0.1, 0.15) is 0 Å². The number of hydrogen-bond acceptors (Lipinski definition) is 5. The SMILES string of the molecule is Cc1ccc(-c2nn(CN(C)CC(=O)NC(C)C)c(=S)o2)cc1. The first kappa shape index (κ1) is 17.4. The number of aryl methyl sites for hydroxylation is 1. The molecular weight excluding hydrogens is 312 g/mol. The van der Waals surface area contributed by atoms with Gasteiger partial charge in [-0.05, 0) is 52.2 Å². The molecule has 2 aromatic rings. The number of carbonyl (C=O) groups excluding carboxylic acids is 1. The van der Waals surface area contributed by atoms with Crippen LogP contribution in [0.2, 0.25) is 0 Å². The molecule has 0 spiro atoms. The molecule has 1 aromatic heterocycles. The summed E-state index contributed by atoms with van der Waals surface area (Å²) in [7, 11) is 1.84. The van der Waals surface area contributed by atoms with Crippen molar-refractivity contribution in [3.63, 3.8) is 0 Å². The normalized spacial score (nSPS) is 11.2.